The number of nitrogens with zero attached hydrogens (tertiary/aromatic N) is 2. The van der Waals surface area contributed by atoms with Crippen LogP contribution in [0.1, 0.15) is 153 Å². The van der Waals surface area contributed by atoms with E-state index in [1.807, 2.05) is 0 Å². The molecule has 1 aliphatic heterocycles. The molecular weight excluding hydrogens is 400 g/mol. The third-order valence-electron chi connectivity index (χ3n) is 7.14. The molecular formula is C31H51N2+. The van der Waals surface area contributed by atoms with E-state index in [0.29, 0.717) is 5.92 Å². The van der Waals surface area contributed by atoms with Crippen molar-refractivity contribution in [3.05, 3.63) is 41.6 Å². The second kappa shape index (κ2) is 18.8. The number of hydrogen-bond donors (Lipinski definition) is 0. The molecule has 1 heterocycles. The fraction of sp³-hybridized carbons (Fsp3) is 0.710. The van der Waals surface area contributed by atoms with E-state index in [-0.39, 0.29) is 0 Å². The highest BCUT2D eigenvalue weighted by Gasteiger charge is 2.19. The molecule has 0 amide bonds. The van der Waals surface area contributed by atoms with Gasteiger partial charge in [0.05, 0.1) is 0 Å². The van der Waals surface area contributed by atoms with Crippen LogP contribution in [-0.4, -0.2) is 12.4 Å². The molecule has 1 aliphatic rings. The molecule has 1 atom stereocenters. The van der Waals surface area contributed by atoms with E-state index < -0.39 is 0 Å². The smallest absolute Gasteiger partial charge is 0.147 e. The Morgan fingerprint density at radius 1 is 0.545 bits per heavy atom. The Morgan fingerprint density at radius 2 is 1.00 bits per heavy atom. The van der Waals surface area contributed by atoms with Gasteiger partial charge in [-0.05, 0) is 36.5 Å². The van der Waals surface area contributed by atoms with Crippen LogP contribution in [0.5, 0.6) is 0 Å². The fourth-order valence-corrected chi connectivity index (χ4v) is 5.06. The van der Waals surface area contributed by atoms with Crippen molar-refractivity contribution in [3.63, 3.8) is 0 Å². The monoisotopic (exact) mass is 451 g/mol. The van der Waals surface area contributed by atoms with Gasteiger partial charge in [0.1, 0.15) is 18.0 Å². The second-order valence-corrected chi connectivity index (χ2v) is 10.1. The summed E-state index contributed by atoms with van der Waals surface area (Å²) in [6, 6.07) is 9.00. The van der Waals surface area contributed by atoms with Gasteiger partial charge in [-0.25, -0.2) is 0 Å². The van der Waals surface area contributed by atoms with Gasteiger partial charge in [-0.15, -0.1) is 9.98 Å². The second-order valence-electron chi connectivity index (χ2n) is 10.1. The van der Waals surface area contributed by atoms with Crippen LogP contribution in [0.25, 0.3) is 0 Å². The molecule has 2 rings (SSSR count). The lowest BCUT2D eigenvalue weighted by atomic mass is 9.88. The van der Waals surface area contributed by atoms with Crippen molar-refractivity contribution in [1.82, 2.24) is 0 Å². The summed E-state index contributed by atoms with van der Waals surface area (Å²) in [5, 5.41) is 0. The van der Waals surface area contributed by atoms with Crippen LogP contribution >= 0.6 is 0 Å². The maximum absolute atomic E-state index is 4.31. The summed E-state index contributed by atoms with van der Waals surface area (Å²) in [4.78, 5) is 8.62. The number of unbranched alkanes of at least 4 members (excludes halogenated alkanes) is 15. The Bertz CT molecular complexity index is 619. The van der Waals surface area contributed by atoms with Crippen LogP contribution in [0.15, 0.2) is 34.3 Å². The zero-order chi connectivity index (χ0) is 23.4. The first kappa shape index (κ1) is 27.7. The molecule has 0 saturated heterocycles. The zero-order valence-corrected chi connectivity index (χ0v) is 21.9. The van der Waals surface area contributed by atoms with E-state index in [1.54, 1.807) is 12.4 Å². The average molecular weight is 452 g/mol. The van der Waals surface area contributed by atoms with Crippen molar-refractivity contribution >= 4 is 12.4 Å². The van der Waals surface area contributed by atoms with Crippen molar-refractivity contribution < 1.29 is 0 Å². The molecule has 0 bridgehead atoms. The van der Waals surface area contributed by atoms with E-state index in [4.69, 9.17) is 0 Å². The van der Waals surface area contributed by atoms with Crippen molar-refractivity contribution in [1.29, 1.82) is 0 Å². The topological polar surface area (TPSA) is 24.7 Å². The highest BCUT2D eigenvalue weighted by atomic mass is 15.0. The molecule has 2 nitrogen and oxygen atoms in total. The minimum atomic E-state index is 0.705. The van der Waals surface area contributed by atoms with Crippen molar-refractivity contribution in [2.45, 2.75) is 142 Å². The molecule has 33 heavy (non-hydrogen) atoms. The Kier molecular flexibility index (Phi) is 15.8. The molecule has 1 unspecified atom stereocenters. The van der Waals surface area contributed by atoms with Crippen LogP contribution in [0, 0.1) is 6.17 Å². The van der Waals surface area contributed by atoms with Crippen LogP contribution in [-0.2, 0) is 0 Å². The summed E-state index contributed by atoms with van der Waals surface area (Å²) in [5.41, 5.74) is 2.62. The summed E-state index contributed by atoms with van der Waals surface area (Å²) in [7, 11) is 0. The van der Waals surface area contributed by atoms with Crippen molar-refractivity contribution in [3.8, 4) is 0 Å². The SMILES string of the molecule is CCCCCCCCCCCCCCCCCCC(CCC)c1ccc([C+]2N=CC=N2)cc1. The minimum absolute atomic E-state index is 0.705. The maximum Gasteiger partial charge on any atom is 0.243 e. The normalized spacial score (nSPS) is 13.8. The Balaban J connectivity index is 1.45. The highest BCUT2D eigenvalue weighted by Crippen LogP contribution is 2.29. The van der Waals surface area contributed by atoms with Gasteiger partial charge in [-0.1, -0.05) is 123 Å². The fourth-order valence-electron chi connectivity index (χ4n) is 5.06. The van der Waals surface area contributed by atoms with E-state index >= 15 is 0 Å². The number of rotatable bonds is 21. The van der Waals surface area contributed by atoms with Crippen LogP contribution in [0.3, 0.4) is 0 Å². The van der Waals surface area contributed by atoms with Gasteiger partial charge in [0, 0.05) is 12.1 Å². The van der Waals surface area contributed by atoms with Gasteiger partial charge < -0.3 is 0 Å². The van der Waals surface area contributed by atoms with Crippen molar-refractivity contribution in [2.75, 3.05) is 0 Å². The third-order valence-corrected chi connectivity index (χ3v) is 7.14. The third kappa shape index (κ3) is 12.5. The molecule has 1 aromatic rings. The maximum atomic E-state index is 4.31. The van der Waals surface area contributed by atoms with E-state index in [0.717, 1.165) is 11.7 Å². The lowest BCUT2D eigenvalue weighted by Crippen LogP contribution is -2.00. The van der Waals surface area contributed by atoms with Gasteiger partial charge in [-0.3, -0.25) is 0 Å². The van der Waals surface area contributed by atoms with Crippen molar-refractivity contribution in [2.24, 2.45) is 9.98 Å². The molecule has 0 spiro atoms. The molecule has 0 fully saturated rings. The summed E-state index contributed by atoms with van der Waals surface area (Å²) in [5.74, 6) is 0.705. The predicted molar refractivity (Wildman–Crippen MR) is 148 cm³/mol. The van der Waals surface area contributed by atoms with Gasteiger partial charge >= 0.3 is 0 Å². The first-order chi connectivity index (χ1) is 16.3. The number of hydrogen-bond acceptors (Lipinski definition) is 2. The van der Waals surface area contributed by atoms with E-state index in [9.17, 15) is 0 Å². The molecule has 184 valence electrons. The molecule has 0 radical (unpaired) electrons. The summed E-state index contributed by atoms with van der Waals surface area (Å²) in [6.07, 6.45) is 31.3. The molecule has 2 heteroatoms. The zero-order valence-electron chi connectivity index (χ0n) is 21.9. The lowest BCUT2D eigenvalue weighted by Gasteiger charge is -2.16. The molecule has 1 aromatic carbocycles. The first-order valence-corrected chi connectivity index (χ1v) is 14.4. The van der Waals surface area contributed by atoms with Gasteiger partial charge in [-0.2, -0.15) is 0 Å². The standard InChI is InChI=1S/C31H51N2/c1-3-5-6-7-8-9-10-11-12-13-14-15-16-17-18-19-21-28(20-4-2)29-22-24-30(25-23-29)31-32-26-27-33-31/h22-28H,3-21H2,1-2H3/q+1. The van der Waals surface area contributed by atoms with E-state index in [1.165, 1.54) is 128 Å². The van der Waals surface area contributed by atoms with Crippen LogP contribution in [0.4, 0.5) is 0 Å². The van der Waals surface area contributed by atoms with Gasteiger partial charge in [0.25, 0.3) is 0 Å². The Labute approximate surface area is 205 Å². The van der Waals surface area contributed by atoms with E-state index in [2.05, 4.69) is 48.1 Å². The predicted octanol–water partition coefficient (Wildman–Crippen LogP) is 10.2. The average Bonchev–Trinajstić information content (AvgIpc) is 3.38. The summed E-state index contributed by atoms with van der Waals surface area (Å²) < 4.78 is 0. The minimum Gasteiger partial charge on any atom is -0.147 e. The quantitative estimate of drug-likeness (QED) is 0.131. The first-order valence-electron chi connectivity index (χ1n) is 14.4. The molecule has 0 aliphatic carbocycles. The lowest BCUT2D eigenvalue weighted by molar-refractivity contribution is 0.501. The highest BCUT2D eigenvalue weighted by molar-refractivity contribution is 6.18. The Hall–Kier alpha value is -1.57. The summed E-state index contributed by atoms with van der Waals surface area (Å²) in [6.45, 7) is 4.61. The Morgan fingerprint density at radius 3 is 1.45 bits per heavy atom. The van der Waals surface area contributed by atoms with Gasteiger partial charge in [0.15, 0.2) is 0 Å². The number of benzene rings is 1. The molecule has 0 aromatic heterocycles. The largest absolute Gasteiger partial charge is 0.243 e. The number of aliphatic imine (C=N–C) groups is 2. The van der Waals surface area contributed by atoms with Crippen LogP contribution in [0.2, 0.25) is 0 Å². The van der Waals surface area contributed by atoms with Gasteiger partial charge in [0.2, 0.25) is 6.17 Å². The van der Waals surface area contributed by atoms with Crippen LogP contribution < -0.4 is 0 Å². The molecule has 0 saturated carbocycles. The molecule has 0 N–H and O–H groups in total. The summed E-state index contributed by atoms with van der Waals surface area (Å²) >= 11 is 0.